The lowest BCUT2D eigenvalue weighted by Gasteiger charge is -2.39. The summed E-state index contributed by atoms with van der Waals surface area (Å²) in [6, 6.07) is 8.92. The molecule has 3 heterocycles. The van der Waals surface area contributed by atoms with Gasteiger partial charge in [-0.15, -0.1) is 10.2 Å². The molecule has 1 aromatic heterocycles. The van der Waals surface area contributed by atoms with E-state index in [9.17, 15) is 18.3 Å². The predicted molar refractivity (Wildman–Crippen MR) is 140 cm³/mol. The van der Waals surface area contributed by atoms with Crippen molar-refractivity contribution in [3.8, 4) is 0 Å². The number of anilines is 1. The standard InChI is InChI=1S/C29H34F3N5O2/c1-17-7-19(25(20-14-39-15-20)26-35-34-16-36(26)3)11-21(8-17)37-13-23-22(27(37)38)9-18(10-24(23)29(30,31)32)12-33-28(2)5-4-6-28/h7-11,16,20,25,27,33,38H,4-6,12-15H2,1-3H3/t25-,27?/m0/s1. The van der Waals surface area contributed by atoms with Gasteiger partial charge in [-0.2, -0.15) is 13.2 Å². The Morgan fingerprint density at radius 1 is 1.18 bits per heavy atom. The third-order valence-corrected chi connectivity index (χ3v) is 8.66. The van der Waals surface area contributed by atoms with Gasteiger partial charge in [-0.25, -0.2) is 0 Å². The summed E-state index contributed by atoms with van der Waals surface area (Å²) in [5, 5.41) is 23.2. The van der Waals surface area contributed by atoms with Crippen molar-refractivity contribution in [2.45, 2.75) is 70.1 Å². The van der Waals surface area contributed by atoms with E-state index >= 15 is 0 Å². The smallest absolute Gasteiger partial charge is 0.381 e. The van der Waals surface area contributed by atoms with E-state index in [0.717, 1.165) is 36.2 Å². The van der Waals surface area contributed by atoms with E-state index in [1.165, 1.54) is 6.07 Å². The summed E-state index contributed by atoms with van der Waals surface area (Å²) in [5.74, 6) is 0.942. The number of ether oxygens (including phenoxy) is 1. The van der Waals surface area contributed by atoms with Crippen molar-refractivity contribution in [3.05, 3.63) is 75.9 Å². The molecule has 2 atom stereocenters. The van der Waals surface area contributed by atoms with Gasteiger partial charge in [0.05, 0.1) is 24.7 Å². The lowest BCUT2D eigenvalue weighted by atomic mass is 9.78. The minimum atomic E-state index is -4.52. The lowest BCUT2D eigenvalue weighted by Crippen LogP contribution is -2.47. The van der Waals surface area contributed by atoms with Gasteiger partial charge >= 0.3 is 6.18 Å². The van der Waals surface area contributed by atoms with E-state index in [4.69, 9.17) is 4.74 Å². The minimum absolute atomic E-state index is 0.0270. The number of aliphatic hydroxyl groups excluding tert-OH is 1. The Balaban J connectivity index is 1.35. The SMILES string of the molecule is Cc1cc([C@H](c2nncn2C)C2COC2)cc(N2Cc3c(cc(CNC4(C)CCC4)cc3C(F)(F)F)C2O)c1. The third-order valence-electron chi connectivity index (χ3n) is 8.66. The first-order valence-electron chi connectivity index (χ1n) is 13.5. The van der Waals surface area contributed by atoms with Crippen LogP contribution in [-0.4, -0.2) is 38.6 Å². The number of nitrogens with zero attached hydrogens (tertiary/aromatic N) is 4. The molecule has 10 heteroatoms. The zero-order valence-electron chi connectivity index (χ0n) is 22.4. The fourth-order valence-corrected chi connectivity index (χ4v) is 6.16. The van der Waals surface area contributed by atoms with Crippen molar-refractivity contribution in [2.75, 3.05) is 18.1 Å². The largest absolute Gasteiger partial charge is 0.416 e. The van der Waals surface area contributed by atoms with Gasteiger partial charge in [0.2, 0.25) is 0 Å². The van der Waals surface area contributed by atoms with E-state index in [-0.39, 0.29) is 29.5 Å². The Morgan fingerprint density at radius 3 is 2.54 bits per heavy atom. The quantitative estimate of drug-likeness (QED) is 0.440. The second-order valence-corrected chi connectivity index (χ2v) is 11.7. The van der Waals surface area contributed by atoms with Gasteiger partial charge in [0, 0.05) is 42.8 Å². The van der Waals surface area contributed by atoms with E-state index in [1.807, 2.05) is 30.7 Å². The number of aliphatic hydroxyl groups is 1. The van der Waals surface area contributed by atoms with Gasteiger partial charge in [-0.3, -0.25) is 0 Å². The molecule has 0 amide bonds. The van der Waals surface area contributed by atoms with Crippen molar-refractivity contribution in [1.29, 1.82) is 0 Å². The summed E-state index contributed by atoms with van der Waals surface area (Å²) >= 11 is 0. The normalized spacial score (nSPS) is 21.4. The van der Waals surface area contributed by atoms with Gasteiger partial charge in [0.1, 0.15) is 12.2 Å². The summed E-state index contributed by atoms with van der Waals surface area (Å²) in [4.78, 5) is 1.66. The molecule has 208 valence electrons. The number of fused-ring (bicyclic) bond motifs is 1. The molecule has 1 unspecified atom stereocenters. The van der Waals surface area contributed by atoms with Crippen molar-refractivity contribution in [1.82, 2.24) is 20.1 Å². The average molecular weight is 542 g/mol. The van der Waals surface area contributed by atoms with Crippen LogP contribution in [0.4, 0.5) is 18.9 Å². The number of rotatable bonds is 7. The Morgan fingerprint density at radius 2 is 1.95 bits per heavy atom. The van der Waals surface area contributed by atoms with Crippen molar-refractivity contribution in [3.63, 3.8) is 0 Å². The van der Waals surface area contributed by atoms with E-state index < -0.39 is 18.0 Å². The van der Waals surface area contributed by atoms with Gasteiger partial charge in [0.25, 0.3) is 0 Å². The summed E-state index contributed by atoms with van der Waals surface area (Å²) in [6.45, 7) is 5.56. The second kappa shape index (κ2) is 9.60. The highest BCUT2D eigenvalue weighted by Crippen LogP contribution is 2.45. The molecule has 3 aromatic rings. The van der Waals surface area contributed by atoms with Crippen LogP contribution in [0.15, 0.2) is 36.7 Å². The van der Waals surface area contributed by atoms with Gasteiger partial charge in [-0.1, -0.05) is 6.07 Å². The molecule has 1 aliphatic carbocycles. The van der Waals surface area contributed by atoms with Crippen LogP contribution in [0.2, 0.25) is 0 Å². The number of nitrogens with one attached hydrogen (secondary N) is 1. The monoisotopic (exact) mass is 541 g/mol. The van der Waals surface area contributed by atoms with Crippen molar-refractivity contribution >= 4 is 5.69 Å². The average Bonchev–Trinajstić information content (AvgIpc) is 3.40. The Bertz CT molecular complexity index is 1380. The highest BCUT2D eigenvalue weighted by Gasteiger charge is 2.41. The van der Waals surface area contributed by atoms with Gasteiger partial charge < -0.3 is 24.6 Å². The molecule has 7 nitrogen and oxygen atoms in total. The lowest BCUT2D eigenvalue weighted by molar-refractivity contribution is -0.138. The molecule has 2 aromatic carbocycles. The highest BCUT2D eigenvalue weighted by molar-refractivity contribution is 5.59. The molecule has 2 fully saturated rings. The Labute approximate surface area is 226 Å². The molecule has 39 heavy (non-hydrogen) atoms. The van der Waals surface area contributed by atoms with Crippen LogP contribution in [0.3, 0.4) is 0 Å². The topological polar surface area (TPSA) is 75.4 Å². The van der Waals surface area contributed by atoms with E-state index in [2.05, 4.69) is 28.5 Å². The van der Waals surface area contributed by atoms with Crippen LogP contribution < -0.4 is 10.2 Å². The van der Waals surface area contributed by atoms with E-state index in [1.54, 1.807) is 17.3 Å². The van der Waals surface area contributed by atoms with E-state index in [0.29, 0.717) is 36.6 Å². The first-order valence-corrected chi connectivity index (χ1v) is 13.5. The molecule has 0 bridgehead atoms. The molecule has 1 saturated heterocycles. The van der Waals surface area contributed by atoms with Crippen LogP contribution in [0.25, 0.3) is 0 Å². The minimum Gasteiger partial charge on any atom is -0.381 e. The fourth-order valence-electron chi connectivity index (χ4n) is 6.16. The van der Waals surface area contributed by atoms with Crippen molar-refractivity contribution < 1.29 is 23.0 Å². The molecule has 3 aliphatic rings. The number of aromatic nitrogens is 3. The van der Waals surface area contributed by atoms with Gasteiger partial charge in [-0.05, 0) is 79.6 Å². The van der Waals surface area contributed by atoms with Crippen LogP contribution in [-0.2, 0) is 31.1 Å². The maximum atomic E-state index is 14.2. The number of aryl methyl sites for hydroxylation is 2. The number of hydrogen-bond donors (Lipinski definition) is 2. The van der Waals surface area contributed by atoms with Gasteiger partial charge in [0.15, 0.2) is 6.23 Å². The second-order valence-electron chi connectivity index (χ2n) is 11.7. The van der Waals surface area contributed by atoms with Crippen LogP contribution in [0.5, 0.6) is 0 Å². The predicted octanol–water partition coefficient (Wildman–Crippen LogP) is 4.96. The molecule has 2 aliphatic heterocycles. The summed E-state index contributed by atoms with van der Waals surface area (Å²) in [6.07, 6.45) is -0.893. The molecule has 0 spiro atoms. The van der Waals surface area contributed by atoms with Crippen LogP contribution in [0.1, 0.15) is 77.5 Å². The molecule has 6 rings (SSSR count). The zero-order chi connectivity index (χ0) is 27.5. The van der Waals surface area contributed by atoms with Crippen LogP contribution in [0, 0.1) is 12.8 Å². The molecular weight excluding hydrogens is 507 g/mol. The molecule has 1 saturated carbocycles. The molecule has 0 radical (unpaired) electrons. The Kier molecular flexibility index (Phi) is 6.47. The first kappa shape index (κ1) is 26.3. The summed E-state index contributed by atoms with van der Waals surface area (Å²) in [7, 11) is 1.90. The third kappa shape index (κ3) is 4.83. The molecule has 2 N–H and O–H groups in total. The number of alkyl halides is 3. The zero-order valence-corrected chi connectivity index (χ0v) is 22.4. The number of benzene rings is 2. The first-order chi connectivity index (χ1) is 18.5. The number of halogens is 3. The maximum Gasteiger partial charge on any atom is 0.416 e. The summed E-state index contributed by atoms with van der Waals surface area (Å²) in [5.41, 5.74) is 2.89. The highest BCUT2D eigenvalue weighted by atomic mass is 19.4. The fraction of sp³-hybridized carbons (Fsp3) is 0.517. The van der Waals surface area contributed by atoms with Crippen LogP contribution >= 0.6 is 0 Å². The Hall–Kier alpha value is -2.95. The summed E-state index contributed by atoms with van der Waals surface area (Å²) < 4.78 is 50.1. The maximum absolute atomic E-state index is 14.2. The number of hydrogen-bond acceptors (Lipinski definition) is 6. The molecular formula is C29H34F3N5O2. The van der Waals surface area contributed by atoms with Crippen molar-refractivity contribution in [2.24, 2.45) is 13.0 Å².